The van der Waals surface area contributed by atoms with Crippen LogP contribution in [0.3, 0.4) is 0 Å². The summed E-state index contributed by atoms with van der Waals surface area (Å²) in [7, 11) is 0. The van der Waals surface area contributed by atoms with Crippen molar-refractivity contribution in [3.8, 4) is 0 Å². The Bertz CT molecular complexity index is 632. The third-order valence-electron chi connectivity index (χ3n) is 4.34. The number of pyridine rings is 1. The van der Waals surface area contributed by atoms with Crippen LogP contribution in [0, 0.1) is 0 Å². The fourth-order valence-corrected chi connectivity index (χ4v) is 3.70. The van der Waals surface area contributed by atoms with Gasteiger partial charge in [0.15, 0.2) is 0 Å². The molecule has 0 unspecified atom stereocenters. The van der Waals surface area contributed by atoms with E-state index in [1.54, 1.807) is 11.3 Å². The van der Waals surface area contributed by atoms with Crippen molar-refractivity contribution in [2.45, 2.75) is 19.3 Å². The van der Waals surface area contributed by atoms with Crippen molar-refractivity contribution in [3.63, 3.8) is 0 Å². The molecule has 128 valence electrons. The van der Waals surface area contributed by atoms with Gasteiger partial charge in [-0.05, 0) is 30.0 Å². The Morgan fingerprint density at radius 1 is 1.25 bits per heavy atom. The van der Waals surface area contributed by atoms with Crippen molar-refractivity contribution in [3.05, 3.63) is 46.8 Å². The van der Waals surface area contributed by atoms with Crippen LogP contribution >= 0.6 is 11.3 Å². The third kappa shape index (κ3) is 4.26. The minimum Gasteiger partial charge on any atom is -0.355 e. The van der Waals surface area contributed by atoms with Crippen molar-refractivity contribution < 1.29 is 4.79 Å². The molecule has 2 aromatic rings. The standard InChI is InChI=1S/C18H24N4OS/c1-15(16-6-4-13-24-16)14-20-18(23)22-10-5-9-21(11-12-22)17-7-2-3-8-19-17/h2-4,6-8,13,15H,5,9-12,14H2,1H3,(H,20,23)/t15-/m1/s1. The molecule has 3 rings (SSSR count). The molecule has 0 aromatic carbocycles. The maximum absolute atomic E-state index is 12.5. The molecule has 1 N–H and O–H groups in total. The van der Waals surface area contributed by atoms with Crippen LogP contribution in [0.15, 0.2) is 41.9 Å². The molecule has 24 heavy (non-hydrogen) atoms. The lowest BCUT2D eigenvalue weighted by Crippen LogP contribution is -2.43. The lowest BCUT2D eigenvalue weighted by Gasteiger charge is -2.23. The number of rotatable bonds is 4. The Kier molecular flexibility index (Phi) is 5.69. The summed E-state index contributed by atoms with van der Waals surface area (Å²) in [5.41, 5.74) is 0. The van der Waals surface area contributed by atoms with E-state index < -0.39 is 0 Å². The van der Waals surface area contributed by atoms with Crippen molar-refractivity contribution in [1.82, 2.24) is 15.2 Å². The Labute approximate surface area is 147 Å². The van der Waals surface area contributed by atoms with Crippen LogP contribution in [-0.4, -0.2) is 48.6 Å². The number of amides is 2. The molecule has 6 heteroatoms. The van der Waals surface area contributed by atoms with Crippen LogP contribution in [0.4, 0.5) is 10.6 Å². The summed E-state index contributed by atoms with van der Waals surface area (Å²) in [6, 6.07) is 10.2. The average molecular weight is 344 g/mol. The largest absolute Gasteiger partial charge is 0.355 e. The lowest BCUT2D eigenvalue weighted by atomic mass is 10.1. The van der Waals surface area contributed by atoms with Gasteiger partial charge in [0.05, 0.1) is 0 Å². The van der Waals surface area contributed by atoms with Crippen molar-refractivity contribution >= 4 is 23.2 Å². The van der Waals surface area contributed by atoms with Gasteiger partial charge in [0.25, 0.3) is 0 Å². The summed E-state index contributed by atoms with van der Waals surface area (Å²) in [5, 5.41) is 5.16. The van der Waals surface area contributed by atoms with E-state index >= 15 is 0 Å². The topological polar surface area (TPSA) is 48.5 Å². The highest BCUT2D eigenvalue weighted by atomic mass is 32.1. The van der Waals surface area contributed by atoms with Gasteiger partial charge in [0.2, 0.25) is 0 Å². The predicted molar refractivity (Wildman–Crippen MR) is 98.8 cm³/mol. The zero-order valence-electron chi connectivity index (χ0n) is 14.0. The van der Waals surface area contributed by atoms with Gasteiger partial charge in [-0.2, -0.15) is 0 Å². The number of carbonyl (C=O) groups excluding carboxylic acids is 1. The first kappa shape index (κ1) is 16.8. The maximum Gasteiger partial charge on any atom is 0.317 e. The molecule has 0 bridgehead atoms. The van der Waals surface area contributed by atoms with E-state index in [-0.39, 0.29) is 6.03 Å². The highest BCUT2D eigenvalue weighted by Crippen LogP contribution is 2.19. The monoisotopic (exact) mass is 344 g/mol. The lowest BCUT2D eigenvalue weighted by molar-refractivity contribution is 0.201. The number of thiophene rings is 1. The van der Waals surface area contributed by atoms with E-state index in [2.05, 4.69) is 39.6 Å². The zero-order valence-corrected chi connectivity index (χ0v) is 14.8. The van der Waals surface area contributed by atoms with Crippen LogP contribution < -0.4 is 10.2 Å². The SMILES string of the molecule is C[C@H](CNC(=O)N1CCCN(c2ccccn2)CC1)c1cccs1. The smallest absolute Gasteiger partial charge is 0.317 e. The Morgan fingerprint density at radius 2 is 2.17 bits per heavy atom. The molecular weight excluding hydrogens is 320 g/mol. The van der Waals surface area contributed by atoms with Crippen LogP contribution in [-0.2, 0) is 0 Å². The molecule has 0 radical (unpaired) electrons. The van der Waals surface area contributed by atoms with Gasteiger partial charge in [0.1, 0.15) is 5.82 Å². The maximum atomic E-state index is 12.5. The molecule has 0 spiro atoms. The van der Waals surface area contributed by atoms with Gasteiger partial charge < -0.3 is 15.1 Å². The second kappa shape index (κ2) is 8.15. The van der Waals surface area contributed by atoms with Gasteiger partial charge in [-0.15, -0.1) is 11.3 Å². The van der Waals surface area contributed by atoms with Crippen molar-refractivity contribution in [2.24, 2.45) is 0 Å². The molecule has 2 aromatic heterocycles. The molecule has 2 amide bonds. The number of nitrogens with zero attached hydrogens (tertiary/aromatic N) is 3. The van der Waals surface area contributed by atoms with Gasteiger partial charge in [-0.3, -0.25) is 0 Å². The van der Waals surface area contributed by atoms with Gasteiger partial charge in [-0.25, -0.2) is 9.78 Å². The summed E-state index contributed by atoms with van der Waals surface area (Å²) in [4.78, 5) is 22.3. The molecule has 0 aliphatic carbocycles. The van der Waals surface area contributed by atoms with Crippen LogP contribution in [0.2, 0.25) is 0 Å². The molecular formula is C18H24N4OS. The fourth-order valence-electron chi connectivity index (χ4n) is 2.91. The van der Waals surface area contributed by atoms with E-state index in [4.69, 9.17) is 0 Å². The fraction of sp³-hybridized carbons (Fsp3) is 0.444. The van der Waals surface area contributed by atoms with Crippen molar-refractivity contribution in [2.75, 3.05) is 37.6 Å². The highest BCUT2D eigenvalue weighted by molar-refractivity contribution is 7.10. The molecule has 3 heterocycles. The first-order chi connectivity index (χ1) is 11.7. The quantitative estimate of drug-likeness (QED) is 0.927. The van der Waals surface area contributed by atoms with E-state index in [0.29, 0.717) is 12.5 Å². The third-order valence-corrected chi connectivity index (χ3v) is 5.45. The van der Waals surface area contributed by atoms with E-state index in [0.717, 1.165) is 38.4 Å². The second-order valence-corrected chi connectivity index (χ2v) is 7.10. The Hall–Kier alpha value is -2.08. The second-order valence-electron chi connectivity index (χ2n) is 6.12. The summed E-state index contributed by atoms with van der Waals surface area (Å²) < 4.78 is 0. The summed E-state index contributed by atoms with van der Waals surface area (Å²) in [5.74, 6) is 1.34. The first-order valence-electron chi connectivity index (χ1n) is 8.46. The van der Waals surface area contributed by atoms with Crippen LogP contribution in [0.25, 0.3) is 0 Å². The van der Waals surface area contributed by atoms with Gasteiger partial charge in [-0.1, -0.05) is 19.1 Å². The number of hydrogen-bond acceptors (Lipinski definition) is 4. The molecule has 5 nitrogen and oxygen atoms in total. The van der Waals surface area contributed by atoms with Gasteiger partial charge >= 0.3 is 6.03 Å². The summed E-state index contributed by atoms with van der Waals surface area (Å²) in [6.45, 7) is 6.12. The first-order valence-corrected chi connectivity index (χ1v) is 9.34. The number of hydrogen-bond donors (Lipinski definition) is 1. The number of anilines is 1. The minimum atomic E-state index is 0.0428. The summed E-state index contributed by atoms with van der Waals surface area (Å²) >= 11 is 1.74. The highest BCUT2D eigenvalue weighted by Gasteiger charge is 2.20. The van der Waals surface area contributed by atoms with Gasteiger partial charge in [0, 0.05) is 49.7 Å². The molecule has 1 atom stereocenters. The number of nitrogens with one attached hydrogen (secondary N) is 1. The Morgan fingerprint density at radius 3 is 2.92 bits per heavy atom. The molecule has 1 fully saturated rings. The van der Waals surface area contributed by atoms with Crippen molar-refractivity contribution in [1.29, 1.82) is 0 Å². The van der Waals surface area contributed by atoms with Crippen LogP contribution in [0.5, 0.6) is 0 Å². The predicted octanol–water partition coefficient (Wildman–Crippen LogP) is 3.17. The van der Waals surface area contributed by atoms with E-state index in [9.17, 15) is 4.79 Å². The number of aromatic nitrogens is 1. The molecule has 0 saturated carbocycles. The molecule has 1 aliphatic heterocycles. The van der Waals surface area contributed by atoms with E-state index in [1.807, 2.05) is 29.3 Å². The average Bonchev–Trinajstić information content (AvgIpc) is 3.05. The molecule has 1 aliphatic rings. The molecule has 1 saturated heterocycles. The normalized spacial score (nSPS) is 16.5. The van der Waals surface area contributed by atoms with Crippen LogP contribution in [0.1, 0.15) is 24.1 Å². The summed E-state index contributed by atoms with van der Waals surface area (Å²) in [6.07, 6.45) is 2.78. The minimum absolute atomic E-state index is 0.0428. The van der Waals surface area contributed by atoms with E-state index in [1.165, 1.54) is 4.88 Å². The number of carbonyl (C=O) groups is 1. The Balaban J connectivity index is 1.49. The number of urea groups is 1. The zero-order chi connectivity index (χ0) is 16.8.